The number of hydrogen-bond donors (Lipinski definition) is 3. The number of thiol groups is 1. The fourth-order valence-electron chi connectivity index (χ4n) is 1.74. The second-order valence-corrected chi connectivity index (χ2v) is 5.42. The van der Waals surface area contributed by atoms with E-state index in [1.54, 1.807) is 0 Å². The standard InChI is InChI=1S/C14H16N2S2/c1-9(2)15-14(18)16-12-5-3-11-8-13(17)6-4-10(11)7-12/h3-9,17H,1-2H3,(H2,15,16,18). The molecule has 0 heterocycles. The largest absolute Gasteiger partial charge is 0.360 e. The zero-order chi connectivity index (χ0) is 13.1. The quantitative estimate of drug-likeness (QED) is 0.574. The SMILES string of the molecule is CC(C)NC(=S)Nc1ccc2cc(S)ccc2c1. The lowest BCUT2D eigenvalue weighted by Crippen LogP contribution is -2.33. The first kappa shape index (κ1) is 13.2. The van der Waals surface area contributed by atoms with E-state index < -0.39 is 0 Å². The van der Waals surface area contributed by atoms with Crippen molar-refractivity contribution in [3.63, 3.8) is 0 Å². The van der Waals surface area contributed by atoms with Crippen molar-refractivity contribution in [2.24, 2.45) is 0 Å². The van der Waals surface area contributed by atoms with Gasteiger partial charge in [-0.2, -0.15) is 0 Å². The van der Waals surface area contributed by atoms with E-state index >= 15 is 0 Å². The molecular weight excluding hydrogens is 260 g/mol. The number of hydrogen-bond acceptors (Lipinski definition) is 2. The van der Waals surface area contributed by atoms with E-state index in [9.17, 15) is 0 Å². The number of rotatable bonds is 2. The molecule has 18 heavy (non-hydrogen) atoms. The van der Waals surface area contributed by atoms with Crippen LogP contribution in [0.5, 0.6) is 0 Å². The van der Waals surface area contributed by atoms with Gasteiger partial charge in [-0.15, -0.1) is 12.6 Å². The minimum absolute atomic E-state index is 0.331. The molecule has 0 aromatic heterocycles. The van der Waals surface area contributed by atoms with Gasteiger partial charge in [0.25, 0.3) is 0 Å². The summed E-state index contributed by atoms with van der Waals surface area (Å²) in [5, 5.41) is 9.33. The summed E-state index contributed by atoms with van der Waals surface area (Å²) < 4.78 is 0. The molecule has 0 aliphatic heterocycles. The van der Waals surface area contributed by atoms with Crippen LogP contribution in [-0.4, -0.2) is 11.2 Å². The van der Waals surface area contributed by atoms with Crippen LogP contribution in [0.3, 0.4) is 0 Å². The Morgan fingerprint density at radius 1 is 1.11 bits per heavy atom. The minimum atomic E-state index is 0.331. The maximum absolute atomic E-state index is 5.22. The monoisotopic (exact) mass is 276 g/mol. The first-order valence-corrected chi connectivity index (χ1v) is 6.70. The Morgan fingerprint density at radius 3 is 2.50 bits per heavy atom. The van der Waals surface area contributed by atoms with Crippen LogP contribution in [0.15, 0.2) is 41.3 Å². The van der Waals surface area contributed by atoms with Crippen LogP contribution in [-0.2, 0) is 0 Å². The third kappa shape index (κ3) is 3.37. The average Bonchev–Trinajstić information content (AvgIpc) is 2.28. The minimum Gasteiger partial charge on any atom is -0.360 e. The summed E-state index contributed by atoms with van der Waals surface area (Å²) in [6.45, 7) is 4.12. The highest BCUT2D eigenvalue weighted by Crippen LogP contribution is 2.21. The van der Waals surface area contributed by atoms with Crippen LogP contribution in [0.2, 0.25) is 0 Å². The molecule has 0 fully saturated rings. The summed E-state index contributed by atoms with van der Waals surface area (Å²) in [4.78, 5) is 0.972. The van der Waals surface area contributed by atoms with Gasteiger partial charge in [0.15, 0.2) is 5.11 Å². The van der Waals surface area contributed by atoms with Gasteiger partial charge in [-0.05, 0) is 61.1 Å². The zero-order valence-corrected chi connectivity index (χ0v) is 12.1. The first-order chi connectivity index (χ1) is 8.54. The number of anilines is 1. The molecule has 2 nitrogen and oxygen atoms in total. The van der Waals surface area contributed by atoms with E-state index in [-0.39, 0.29) is 0 Å². The number of fused-ring (bicyclic) bond motifs is 1. The molecule has 0 radical (unpaired) electrons. The van der Waals surface area contributed by atoms with Crippen LogP contribution in [0.4, 0.5) is 5.69 Å². The molecule has 0 amide bonds. The van der Waals surface area contributed by atoms with E-state index in [1.165, 1.54) is 10.8 Å². The van der Waals surface area contributed by atoms with Crippen LogP contribution >= 0.6 is 24.8 Å². The summed E-state index contributed by atoms with van der Waals surface area (Å²) in [6, 6.07) is 12.6. The highest BCUT2D eigenvalue weighted by molar-refractivity contribution is 7.80. The van der Waals surface area contributed by atoms with Gasteiger partial charge in [-0.25, -0.2) is 0 Å². The summed E-state index contributed by atoms with van der Waals surface area (Å²) in [7, 11) is 0. The molecule has 0 atom stereocenters. The van der Waals surface area contributed by atoms with Crippen molar-refractivity contribution in [3.05, 3.63) is 36.4 Å². The van der Waals surface area contributed by atoms with Crippen molar-refractivity contribution in [1.29, 1.82) is 0 Å². The molecule has 2 aromatic rings. The average molecular weight is 276 g/mol. The van der Waals surface area contributed by atoms with Crippen LogP contribution in [0, 0.1) is 0 Å². The van der Waals surface area contributed by atoms with Gasteiger partial charge in [0.2, 0.25) is 0 Å². The van der Waals surface area contributed by atoms with Crippen LogP contribution in [0.1, 0.15) is 13.8 Å². The van der Waals surface area contributed by atoms with Gasteiger partial charge in [-0.1, -0.05) is 12.1 Å². The fraction of sp³-hybridized carbons (Fsp3) is 0.214. The smallest absolute Gasteiger partial charge is 0.170 e. The molecule has 2 rings (SSSR count). The number of thiocarbonyl (C=S) groups is 1. The second-order valence-electron chi connectivity index (χ2n) is 4.50. The van der Waals surface area contributed by atoms with Gasteiger partial charge in [0.1, 0.15) is 0 Å². The Labute approximate surface area is 118 Å². The Balaban J connectivity index is 2.20. The van der Waals surface area contributed by atoms with Gasteiger partial charge < -0.3 is 10.6 Å². The number of nitrogens with one attached hydrogen (secondary N) is 2. The first-order valence-electron chi connectivity index (χ1n) is 5.85. The van der Waals surface area contributed by atoms with E-state index in [2.05, 4.69) is 55.3 Å². The molecule has 0 spiro atoms. The second kappa shape index (κ2) is 5.59. The van der Waals surface area contributed by atoms with Gasteiger partial charge in [0.05, 0.1) is 0 Å². The molecule has 94 valence electrons. The highest BCUT2D eigenvalue weighted by Gasteiger charge is 2.01. The molecule has 0 unspecified atom stereocenters. The van der Waals surface area contributed by atoms with Crippen LogP contribution < -0.4 is 10.6 Å². The zero-order valence-electron chi connectivity index (χ0n) is 10.4. The lowest BCUT2D eigenvalue weighted by atomic mass is 10.1. The van der Waals surface area contributed by atoms with Crippen molar-refractivity contribution >= 4 is 46.4 Å². The predicted molar refractivity (Wildman–Crippen MR) is 85.7 cm³/mol. The summed E-state index contributed by atoms with van der Waals surface area (Å²) in [5.74, 6) is 0. The maximum atomic E-state index is 5.22. The predicted octanol–water partition coefficient (Wildman–Crippen LogP) is 3.82. The molecule has 2 N–H and O–H groups in total. The van der Waals surface area contributed by atoms with Crippen molar-refractivity contribution in [2.45, 2.75) is 24.8 Å². The summed E-state index contributed by atoms with van der Waals surface area (Å²) >= 11 is 9.55. The fourth-order valence-corrected chi connectivity index (χ4v) is 2.31. The molecule has 0 aliphatic carbocycles. The van der Waals surface area contributed by atoms with Gasteiger partial charge in [-0.3, -0.25) is 0 Å². The molecule has 2 aromatic carbocycles. The summed E-state index contributed by atoms with van der Waals surface area (Å²) in [5.41, 5.74) is 0.993. The molecule has 4 heteroatoms. The van der Waals surface area contributed by atoms with Crippen molar-refractivity contribution in [2.75, 3.05) is 5.32 Å². The molecule has 0 saturated heterocycles. The van der Waals surface area contributed by atoms with E-state index in [1.807, 2.05) is 18.2 Å². The molecule has 0 bridgehead atoms. The molecule has 0 aliphatic rings. The third-order valence-corrected chi connectivity index (χ3v) is 3.00. The normalized spacial score (nSPS) is 10.7. The Bertz CT molecular complexity index is 579. The van der Waals surface area contributed by atoms with Crippen molar-refractivity contribution < 1.29 is 0 Å². The van der Waals surface area contributed by atoms with E-state index in [0.717, 1.165) is 10.6 Å². The summed E-state index contributed by atoms with van der Waals surface area (Å²) in [6.07, 6.45) is 0. The lowest BCUT2D eigenvalue weighted by Gasteiger charge is -2.13. The molecular formula is C14H16N2S2. The van der Waals surface area contributed by atoms with E-state index in [4.69, 9.17) is 12.2 Å². The van der Waals surface area contributed by atoms with Crippen molar-refractivity contribution in [3.8, 4) is 0 Å². The van der Waals surface area contributed by atoms with Gasteiger partial charge >= 0.3 is 0 Å². The Morgan fingerprint density at radius 2 is 1.78 bits per heavy atom. The lowest BCUT2D eigenvalue weighted by molar-refractivity contribution is 0.739. The Hall–Kier alpha value is -1.26. The van der Waals surface area contributed by atoms with Gasteiger partial charge in [0, 0.05) is 16.6 Å². The van der Waals surface area contributed by atoms with Crippen LogP contribution in [0.25, 0.3) is 10.8 Å². The Kier molecular flexibility index (Phi) is 4.09. The van der Waals surface area contributed by atoms with E-state index in [0.29, 0.717) is 11.2 Å². The maximum Gasteiger partial charge on any atom is 0.170 e. The third-order valence-electron chi connectivity index (χ3n) is 2.50. The molecule has 0 saturated carbocycles. The highest BCUT2D eigenvalue weighted by atomic mass is 32.1. The topological polar surface area (TPSA) is 24.1 Å². The van der Waals surface area contributed by atoms with Crippen molar-refractivity contribution in [1.82, 2.24) is 5.32 Å². The number of benzene rings is 2.